The summed E-state index contributed by atoms with van der Waals surface area (Å²) < 4.78 is 38.2. The molecule has 1 fully saturated rings. The molecule has 0 bridgehead atoms. The third kappa shape index (κ3) is 3.51. The number of rotatable bonds is 4. The van der Waals surface area contributed by atoms with Crippen molar-refractivity contribution in [1.29, 1.82) is 0 Å². The topological polar surface area (TPSA) is 90.8 Å². The summed E-state index contributed by atoms with van der Waals surface area (Å²) in [6.07, 6.45) is -0.180. The van der Waals surface area contributed by atoms with Crippen LogP contribution in [-0.4, -0.2) is 35.8 Å². The lowest BCUT2D eigenvalue weighted by Crippen LogP contribution is -2.51. The molecule has 3 aromatic carbocycles. The molecule has 1 amide bonds. The summed E-state index contributed by atoms with van der Waals surface area (Å²) >= 11 is 6.54. The summed E-state index contributed by atoms with van der Waals surface area (Å²) in [6.45, 7) is 0.718. The molecule has 4 N–H and O–H groups in total. The van der Waals surface area contributed by atoms with Gasteiger partial charge in [-0.15, -0.1) is 0 Å². The molecule has 6 rings (SSSR count). The van der Waals surface area contributed by atoms with E-state index >= 15 is 8.78 Å². The van der Waals surface area contributed by atoms with E-state index in [0.29, 0.717) is 24.0 Å². The van der Waals surface area contributed by atoms with Gasteiger partial charge in [-0.05, 0) is 55.0 Å². The van der Waals surface area contributed by atoms with Crippen molar-refractivity contribution in [2.75, 3.05) is 13.6 Å². The highest BCUT2D eigenvalue weighted by atomic mass is 35.5. The number of aliphatic hydroxyl groups excluding tert-OH is 2. The lowest BCUT2D eigenvalue weighted by Gasteiger charge is -2.38. The fourth-order valence-corrected chi connectivity index (χ4v) is 6.61. The summed E-state index contributed by atoms with van der Waals surface area (Å²) in [5, 5.41) is 28.0. The van der Waals surface area contributed by atoms with Crippen molar-refractivity contribution in [3.63, 3.8) is 0 Å². The monoisotopic (exact) mass is 540 g/mol. The van der Waals surface area contributed by atoms with Crippen molar-refractivity contribution in [1.82, 2.24) is 10.6 Å². The number of amides is 1. The van der Waals surface area contributed by atoms with Gasteiger partial charge >= 0.3 is 0 Å². The quantitative estimate of drug-likeness (QED) is 0.385. The summed E-state index contributed by atoms with van der Waals surface area (Å²) in [6, 6.07) is 11.4. The van der Waals surface area contributed by atoms with Crippen molar-refractivity contribution in [2.45, 2.75) is 49.5 Å². The zero-order valence-electron chi connectivity index (χ0n) is 20.7. The van der Waals surface area contributed by atoms with Gasteiger partial charge in [0.05, 0.1) is 22.7 Å². The first kappa shape index (κ1) is 25.2. The average molecular weight is 541 g/mol. The zero-order chi connectivity index (χ0) is 26.8. The minimum Gasteiger partial charge on any atom is -0.477 e. The Bertz CT molecular complexity index is 1440. The van der Waals surface area contributed by atoms with E-state index in [4.69, 9.17) is 16.3 Å². The first-order valence-corrected chi connectivity index (χ1v) is 13.1. The Morgan fingerprint density at radius 2 is 1.92 bits per heavy atom. The fraction of sp³-hybridized carbons (Fsp3) is 0.345. The average Bonchev–Trinajstić information content (AvgIpc) is 3.65. The number of aliphatic hydroxyl groups is 2. The van der Waals surface area contributed by atoms with Crippen molar-refractivity contribution in [2.24, 2.45) is 0 Å². The molecule has 3 aromatic rings. The van der Waals surface area contributed by atoms with E-state index in [0.717, 1.165) is 19.0 Å². The highest BCUT2D eigenvalue weighted by Gasteiger charge is 2.57. The van der Waals surface area contributed by atoms with Crippen LogP contribution in [0.15, 0.2) is 42.5 Å². The van der Waals surface area contributed by atoms with E-state index < -0.39 is 40.4 Å². The maximum absolute atomic E-state index is 16.3. The molecule has 4 atom stereocenters. The Kier molecular flexibility index (Phi) is 6.18. The molecule has 2 heterocycles. The lowest BCUT2D eigenvalue weighted by molar-refractivity contribution is -0.0566. The number of carbonyl (C=O) groups is 1. The Hall–Kier alpha value is -3.04. The number of fused-ring (bicyclic) bond motifs is 2. The minimum atomic E-state index is -1.36. The molecule has 2 aliphatic heterocycles. The van der Waals surface area contributed by atoms with E-state index in [1.165, 1.54) is 13.1 Å². The summed E-state index contributed by atoms with van der Waals surface area (Å²) in [5.74, 6) is -2.22. The van der Waals surface area contributed by atoms with Gasteiger partial charge in [-0.1, -0.05) is 41.9 Å². The van der Waals surface area contributed by atoms with Crippen LogP contribution < -0.4 is 15.4 Å². The third-order valence-electron chi connectivity index (χ3n) is 8.13. The van der Waals surface area contributed by atoms with E-state index in [-0.39, 0.29) is 46.0 Å². The van der Waals surface area contributed by atoms with Gasteiger partial charge in [0.25, 0.3) is 5.91 Å². The SMILES string of the molecule is CNC(=O)c1cc2c(c(F)c1-c1c(Cl)c(F)cc3c1[C@H](O)[C@](c1ccccc1)([C@@H]1CCCN1)O3)CCC2O. The Morgan fingerprint density at radius 3 is 2.61 bits per heavy atom. The molecule has 1 unspecified atom stereocenters. The van der Waals surface area contributed by atoms with Crippen LogP contribution in [0.25, 0.3) is 11.1 Å². The zero-order valence-corrected chi connectivity index (χ0v) is 21.4. The van der Waals surface area contributed by atoms with Gasteiger partial charge < -0.3 is 25.6 Å². The van der Waals surface area contributed by atoms with Gasteiger partial charge in [-0.2, -0.15) is 0 Å². The third-order valence-corrected chi connectivity index (χ3v) is 8.50. The largest absolute Gasteiger partial charge is 0.477 e. The Labute approximate surface area is 223 Å². The van der Waals surface area contributed by atoms with Crippen molar-refractivity contribution >= 4 is 17.5 Å². The summed E-state index contributed by atoms with van der Waals surface area (Å²) in [5.41, 5.74) is -0.417. The van der Waals surface area contributed by atoms with E-state index in [1.807, 2.05) is 30.3 Å². The Morgan fingerprint density at radius 1 is 1.16 bits per heavy atom. The van der Waals surface area contributed by atoms with Crippen LogP contribution in [0.2, 0.25) is 5.02 Å². The molecule has 3 aliphatic rings. The second kappa shape index (κ2) is 9.31. The molecule has 0 saturated carbocycles. The molecule has 6 nitrogen and oxygen atoms in total. The number of ether oxygens (including phenoxy) is 1. The number of halogens is 3. The van der Waals surface area contributed by atoms with Gasteiger partial charge in [-0.25, -0.2) is 8.78 Å². The van der Waals surface area contributed by atoms with Crippen LogP contribution in [-0.2, 0) is 12.0 Å². The van der Waals surface area contributed by atoms with Crippen molar-refractivity contribution in [3.8, 4) is 16.9 Å². The van der Waals surface area contributed by atoms with E-state index in [1.54, 1.807) is 0 Å². The van der Waals surface area contributed by atoms with Gasteiger partial charge in [-0.3, -0.25) is 4.79 Å². The smallest absolute Gasteiger partial charge is 0.251 e. The Balaban J connectivity index is 1.65. The first-order valence-electron chi connectivity index (χ1n) is 12.7. The van der Waals surface area contributed by atoms with Crippen LogP contribution in [0.5, 0.6) is 5.75 Å². The number of nitrogens with one attached hydrogen (secondary N) is 2. The fourth-order valence-electron chi connectivity index (χ4n) is 6.36. The molecular formula is C29H27ClF2N2O4. The van der Waals surface area contributed by atoms with Gasteiger partial charge in [0.1, 0.15) is 23.5 Å². The number of hydrogen-bond donors (Lipinski definition) is 4. The number of benzene rings is 3. The molecule has 9 heteroatoms. The predicted octanol–water partition coefficient (Wildman–Crippen LogP) is 4.70. The van der Waals surface area contributed by atoms with Crippen LogP contribution in [0.3, 0.4) is 0 Å². The molecule has 0 radical (unpaired) electrons. The van der Waals surface area contributed by atoms with E-state index in [2.05, 4.69) is 10.6 Å². The van der Waals surface area contributed by atoms with Gasteiger partial charge in [0.2, 0.25) is 0 Å². The molecule has 1 aliphatic carbocycles. The first-order chi connectivity index (χ1) is 18.3. The highest BCUT2D eigenvalue weighted by Crippen LogP contribution is 2.58. The normalized spacial score (nSPS) is 25.7. The van der Waals surface area contributed by atoms with Crippen molar-refractivity contribution in [3.05, 3.63) is 86.9 Å². The standard InChI is InChI=1S/C29H27ClF2N2O4/c1-33-28(37)17-12-16-15(9-10-19(16)35)26(32)22(17)24-23-20(13-18(31)25(24)30)38-29(27(23)36,21-8-5-11-34-21)14-6-3-2-4-7-14/h2-4,6-7,12-13,19,21,27,34-36H,5,8-11H2,1H3,(H,33,37)/t19?,21-,27-,29-/m0/s1. The second-order valence-corrected chi connectivity index (χ2v) is 10.5. The highest BCUT2D eigenvalue weighted by molar-refractivity contribution is 6.34. The molecule has 198 valence electrons. The number of carbonyl (C=O) groups excluding carboxylic acids is 1. The van der Waals surface area contributed by atoms with Crippen molar-refractivity contribution < 1.29 is 28.5 Å². The van der Waals surface area contributed by atoms with Crippen LogP contribution in [0.4, 0.5) is 8.78 Å². The van der Waals surface area contributed by atoms with Gasteiger partial charge in [0, 0.05) is 29.8 Å². The molecule has 0 spiro atoms. The molecule has 1 saturated heterocycles. The minimum absolute atomic E-state index is 0.0368. The maximum atomic E-state index is 16.3. The summed E-state index contributed by atoms with van der Waals surface area (Å²) in [7, 11) is 1.40. The van der Waals surface area contributed by atoms with Crippen LogP contribution in [0.1, 0.15) is 64.1 Å². The summed E-state index contributed by atoms with van der Waals surface area (Å²) in [4.78, 5) is 13.0. The molecule has 38 heavy (non-hydrogen) atoms. The molecular weight excluding hydrogens is 514 g/mol. The lowest BCUT2D eigenvalue weighted by atomic mass is 9.77. The van der Waals surface area contributed by atoms with E-state index in [9.17, 15) is 15.0 Å². The maximum Gasteiger partial charge on any atom is 0.251 e. The predicted molar refractivity (Wildman–Crippen MR) is 138 cm³/mol. The van der Waals surface area contributed by atoms with Gasteiger partial charge in [0.15, 0.2) is 5.60 Å². The van der Waals surface area contributed by atoms with Crippen LogP contribution in [0, 0.1) is 11.6 Å². The second-order valence-electron chi connectivity index (χ2n) is 10.1. The molecule has 0 aromatic heterocycles. The number of hydrogen-bond acceptors (Lipinski definition) is 5. The van der Waals surface area contributed by atoms with Crippen LogP contribution >= 0.6 is 11.6 Å².